The van der Waals surface area contributed by atoms with Crippen molar-refractivity contribution in [3.05, 3.63) is 144 Å². The van der Waals surface area contributed by atoms with Gasteiger partial charge in [-0.1, -0.05) is 75.6 Å². The Kier molecular flexibility index (Phi) is 14.8. The molecule has 4 aromatic carbocycles. The third-order valence-corrected chi connectivity index (χ3v) is 18.1. The van der Waals surface area contributed by atoms with Crippen molar-refractivity contribution in [1.29, 1.82) is 0 Å². The van der Waals surface area contributed by atoms with Gasteiger partial charge in [0.05, 0.1) is 28.3 Å². The smallest absolute Gasteiger partial charge is 0.243 e. The van der Waals surface area contributed by atoms with Gasteiger partial charge in [-0.25, -0.2) is 26.8 Å². The number of halogens is 1. The van der Waals surface area contributed by atoms with Crippen LogP contribution >= 0.6 is 38.6 Å². The van der Waals surface area contributed by atoms with Gasteiger partial charge in [-0.15, -0.1) is 22.7 Å². The van der Waals surface area contributed by atoms with Gasteiger partial charge in [0.25, 0.3) is 0 Å². The van der Waals surface area contributed by atoms with E-state index >= 15 is 0 Å². The van der Waals surface area contributed by atoms with Crippen LogP contribution in [0.5, 0.6) is 5.75 Å². The number of ether oxygens (including phenoxy) is 1. The maximum Gasteiger partial charge on any atom is 0.243 e. The molecule has 2 aromatic heterocycles. The van der Waals surface area contributed by atoms with Crippen LogP contribution in [-0.4, -0.2) is 94.9 Å². The minimum atomic E-state index is -3.51. The van der Waals surface area contributed by atoms with Gasteiger partial charge in [0.15, 0.2) is 10.3 Å². The molecule has 2 saturated heterocycles. The van der Waals surface area contributed by atoms with Gasteiger partial charge in [0.1, 0.15) is 5.75 Å². The molecule has 334 valence electrons. The van der Waals surface area contributed by atoms with Gasteiger partial charge in [-0.2, -0.15) is 8.61 Å². The molecule has 0 aliphatic carbocycles. The van der Waals surface area contributed by atoms with E-state index in [0.717, 1.165) is 83.7 Å². The predicted octanol–water partition coefficient (Wildman–Crippen LogP) is 9.11. The number of thiazole rings is 2. The molecule has 8 rings (SSSR count). The van der Waals surface area contributed by atoms with Crippen LogP contribution in [0.4, 0.5) is 10.3 Å². The number of sulfonamides is 2. The van der Waals surface area contributed by atoms with Crippen LogP contribution in [0.15, 0.2) is 97.8 Å². The highest BCUT2D eigenvalue weighted by Crippen LogP contribution is 2.31. The second-order valence-electron chi connectivity index (χ2n) is 16.3. The van der Waals surface area contributed by atoms with Crippen molar-refractivity contribution in [1.82, 2.24) is 18.6 Å². The van der Waals surface area contributed by atoms with Crippen LogP contribution in [0.3, 0.4) is 0 Å². The highest BCUT2D eigenvalue weighted by Gasteiger charge is 2.33. The van der Waals surface area contributed by atoms with E-state index in [2.05, 4.69) is 54.7 Å². The average Bonchev–Trinajstić information content (AvgIpc) is 3.90. The normalized spacial score (nSPS) is 15.3. The largest absolute Gasteiger partial charge is 0.497 e. The van der Waals surface area contributed by atoms with E-state index in [-0.39, 0.29) is 0 Å². The van der Waals surface area contributed by atoms with E-state index in [1.165, 1.54) is 5.56 Å². The second kappa shape index (κ2) is 19.9. The van der Waals surface area contributed by atoms with Crippen LogP contribution < -0.4 is 14.5 Å². The van der Waals surface area contributed by atoms with Crippen LogP contribution in [-0.2, 0) is 32.9 Å². The van der Waals surface area contributed by atoms with E-state index < -0.39 is 20.0 Å². The number of aryl methyl sites for hydroxylation is 6. The highest BCUT2D eigenvalue weighted by molar-refractivity contribution is 9.10. The van der Waals surface area contributed by atoms with Crippen molar-refractivity contribution in [2.75, 3.05) is 69.3 Å². The number of hydrogen-bond acceptors (Lipinski definition) is 11. The van der Waals surface area contributed by atoms with Crippen molar-refractivity contribution in [3.63, 3.8) is 0 Å². The Morgan fingerprint density at radius 3 is 1.37 bits per heavy atom. The lowest BCUT2D eigenvalue weighted by atomic mass is 10.1. The Labute approximate surface area is 389 Å². The first-order valence-electron chi connectivity index (χ1n) is 20.9. The minimum Gasteiger partial charge on any atom is -0.497 e. The maximum atomic E-state index is 13.3. The van der Waals surface area contributed by atoms with E-state index in [1.807, 2.05) is 96.1 Å². The summed E-state index contributed by atoms with van der Waals surface area (Å²) in [6.45, 7) is 15.9. The Balaban J connectivity index is 0.000000189. The fraction of sp³-hybridized carbons (Fsp3) is 0.362. The SMILES string of the molecule is COc1cccc(Cc2csc(N3CCN(S(=O)(=O)c4c(C)cc(C)cc4C)CC3)n2)c1.Cc1cc(C)c(S(=O)(=O)N2CCN(c3nc(Cc4cccc(Br)c4)cs3)CC2)c(C)c1. The Morgan fingerprint density at radius 1 is 0.571 bits per heavy atom. The van der Waals surface area contributed by atoms with Crippen LogP contribution in [0.1, 0.15) is 55.9 Å². The molecule has 16 heteroatoms. The summed E-state index contributed by atoms with van der Waals surface area (Å²) < 4.78 is 62.9. The number of piperazine rings is 2. The van der Waals surface area contributed by atoms with Gasteiger partial charge in [-0.3, -0.25) is 0 Å². The lowest BCUT2D eigenvalue weighted by Gasteiger charge is -2.34. The van der Waals surface area contributed by atoms with Gasteiger partial charge < -0.3 is 14.5 Å². The zero-order valence-electron chi connectivity index (χ0n) is 36.9. The lowest BCUT2D eigenvalue weighted by Crippen LogP contribution is -2.48. The first-order valence-corrected chi connectivity index (χ1v) is 26.4. The molecule has 11 nitrogen and oxygen atoms in total. The molecule has 0 saturated carbocycles. The first-order chi connectivity index (χ1) is 30.0. The number of anilines is 2. The number of aromatic nitrogens is 2. The summed E-state index contributed by atoms with van der Waals surface area (Å²) in [6.07, 6.45) is 1.53. The number of nitrogens with zero attached hydrogens (tertiary/aromatic N) is 6. The van der Waals surface area contributed by atoms with Crippen LogP contribution in [0.25, 0.3) is 0 Å². The topological polar surface area (TPSA) is 116 Å². The van der Waals surface area contributed by atoms with Crippen molar-refractivity contribution >= 4 is 68.9 Å². The maximum absolute atomic E-state index is 13.3. The molecule has 0 unspecified atom stereocenters. The molecule has 0 N–H and O–H groups in total. The van der Waals surface area contributed by atoms with E-state index in [0.29, 0.717) is 62.1 Å². The molecule has 0 bridgehead atoms. The summed E-state index contributed by atoms with van der Waals surface area (Å²) in [5.74, 6) is 0.842. The molecule has 63 heavy (non-hydrogen) atoms. The third kappa shape index (κ3) is 11.0. The summed E-state index contributed by atoms with van der Waals surface area (Å²) in [5.41, 5.74) is 9.84. The Bertz CT molecular complexity index is 2750. The summed E-state index contributed by atoms with van der Waals surface area (Å²) in [6, 6.07) is 24.0. The van der Waals surface area contributed by atoms with E-state index in [1.54, 1.807) is 38.4 Å². The molecular weight excluding hydrogens is 937 g/mol. The predicted molar refractivity (Wildman–Crippen MR) is 260 cm³/mol. The molecule has 0 atom stereocenters. The molecule has 0 amide bonds. The van der Waals surface area contributed by atoms with Crippen molar-refractivity contribution in [3.8, 4) is 5.75 Å². The quantitative estimate of drug-likeness (QED) is 0.125. The molecule has 6 aromatic rings. The highest BCUT2D eigenvalue weighted by atomic mass is 79.9. The van der Waals surface area contributed by atoms with Gasteiger partial charge in [0.2, 0.25) is 20.0 Å². The van der Waals surface area contributed by atoms with Gasteiger partial charge in [0, 0.05) is 80.4 Å². The number of methoxy groups -OCH3 is 1. The molecule has 0 radical (unpaired) electrons. The van der Waals surface area contributed by atoms with Crippen LogP contribution in [0, 0.1) is 41.5 Å². The first kappa shape index (κ1) is 46.8. The third-order valence-electron chi connectivity index (χ3n) is 11.3. The number of hydrogen-bond donors (Lipinski definition) is 0. The zero-order chi connectivity index (χ0) is 45.1. The number of rotatable bonds is 11. The van der Waals surface area contributed by atoms with E-state index in [9.17, 15) is 16.8 Å². The minimum absolute atomic E-state index is 0.450. The monoisotopic (exact) mass is 990 g/mol. The summed E-state index contributed by atoms with van der Waals surface area (Å²) in [4.78, 5) is 14.9. The molecule has 2 aliphatic heterocycles. The summed E-state index contributed by atoms with van der Waals surface area (Å²) in [5, 5.41) is 6.09. The molecule has 4 heterocycles. The fourth-order valence-electron chi connectivity index (χ4n) is 8.54. The molecule has 0 spiro atoms. The Morgan fingerprint density at radius 2 is 0.968 bits per heavy atom. The van der Waals surface area contributed by atoms with Crippen molar-refractivity contribution in [2.45, 2.75) is 64.2 Å². The van der Waals surface area contributed by atoms with Gasteiger partial charge >= 0.3 is 0 Å². The van der Waals surface area contributed by atoms with Crippen LogP contribution in [0.2, 0.25) is 0 Å². The number of benzene rings is 4. The average molecular weight is 992 g/mol. The summed E-state index contributed by atoms with van der Waals surface area (Å²) >= 11 is 6.75. The zero-order valence-corrected chi connectivity index (χ0v) is 41.7. The molecular formula is C47H55BrN6O5S4. The van der Waals surface area contributed by atoms with Gasteiger partial charge in [-0.05, 0) is 99.2 Å². The molecule has 2 aliphatic rings. The summed E-state index contributed by atoms with van der Waals surface area (Å²) in [7, 11) is -5.34. The van der Waals surface area contributed by atoms with E-state index in [4.69, 9.17) is 14.7 Å². The van der Waals surface area contributed by atoms with Crippen molar-refractivity contribution in [2.24, 2.45) is 0 Å². The lowest BCUT2D eigenvalue weighted by molar-refractivity contribution is 0.384. The Hall–Kier alpha value is -4.16. The standard InChI is InChI=1S/C24H29N3O3S2.C23H26BrN3O2S2/c1-17-12-18(2)23(19(3)13-17)32(28,29)27-10-8-26(9-11-27)24-25-21(16-31-24)14-20-6-5-7-22(15-20)30-4;1-16-11-17(2)22(18(3)12-16)31(28,29)27-9-7-26(8-10-27)23-25-21(15-30-23)14-19-5-4-6-20(24)13-19/h5-7,12-13,15-16H,8-11,14H2,1-4H3;4-6,11-13,15H,7-10,14H2,1-3H3. The second-order valence-corrected chi connectivity index (χ2v) is 22.7. The van der Waals surface area contributed by atoms with Crippen molar-refractivity contribution < 1.29 is 21.6 Å². The fourth-order valence-corrected chi connectivity index (χ4v) is 14.4. The molecule has 2 fully saturated rings.